The van der Waals surface area contributed by atoms with Crippen molar-refractivity contribution in [3.05, 3.63) is 59.4 Å². The van der Waals surface area contributed by atoms with Crippen LogP contribution in [0.1, 0.15) is 0 Å². The molecule has 2 N–H and O–H groups in total. The number of primary sulfonamides is 1. The number of rotatable bonds is 1. The molecule has 1 aromatic carbocycles. The summed E-state index contributed by atoms with van der Waals surface area (Å²) in [6, 6.07) is 12.8. The van der Waals surface area contributed by atoms with Gasteiger partial charge in [0.25, 0.3) is 10.0 Å². The molecular formula is C13H12N2O2S2. The first-order valence-electron chi connectivity index (χ1n) is 5.43. The Morgan fingerprint density at radius 2 is 1.68 bits per heavy atom. The minimum atomic E-state index is -3.74. The third-order valence-electron chi connectivity index (χ3n) is 2.33. The van der Waals surface area contributed by atoms with E-state index in [0.29, 0.717) is 5.39 Å². The number of hydrogen-bond donors (Lipinski definition) is 1. The molecule has 0 spiro atoms. The number of benzene rings is 1. The van der Waals surface area contributed by atoms with Gasteiger partial charge in [-0.2, -0.15) is 11.3 Å². The molecular weight excluding hydrogens is 280 g/mol. The molecule has 4 nitrogen and oxygen atoms in total. The van der Waals surface area contributed by atoms with Crippen molar-refractivity contribution in [3.8, 4) is 0 Å². The third-order valence-corrected chi connectivity index (χ3v) is 3.82. The quantitative estimate of drug-likeness (QED) is 0.749. The highest BCUT2D eigenvalue weighted by Crippen LogP contribution is 2.18. The zero-order valence-corrected chi connectivity index (χ0v) is 11.6. The lowest BCUT2D eigenvalue weighted by atomic mass is 10.2. The summed E-state index contributed by atoms with van der Waals surface area (Å²) < 4.78 is 22.3. The minimum Gasteiger partial charge on any atom is -0.243 e. The monoisotopic (exact) mass is 292 g/mol. The molecule has 0 fully saturated rings. The summed E-state index contributed by atoms with van der Waals surface area (Å²) in [5, 5.41) is 10.4. The summed E-state index contributed by atoms with van der Waals surface area (Å²) in [7, 11) is -3.74. The molecule has 0 amide bonds. The van der Waals surface area contributed by atoms with E-state index in [1.54, 1.807) is 29.5 Å². The standard InChI is InChI=1S/C9H8N2O2S.C4H4S/c10-14(12,13)9-8-4-2-1-3-7(8)5-6-11-9;1-2-4-5-3-1/h1-6H,(H2,10,12,13);1-4H. The predicted octanol–water partition coefficient (Wildman–Crippen LogP) is 2.63. The number of fused-ring (bicyclic) bond motifs is 1. The molecule has 0 aliphatic rings. The number of nitrogens with two attached hydrogens (primary N) is 1. The highest BCUT2D eigenvalue weighted by molar-refractivity contribution is 7.89. The SMILES string of the molecule is NS(=O)(=O)c1nccc2ccccc12.c1ccsc1. The number of pyridine rings is 1. The molecule has 0 saturated carbocycles. The van der Waals surface area contributed by atoms with Crippen molar-refractivity contribution >= 4 is 32.1 Å². The van der Waals surface area contributed by atoms with E-state index >= 15 is 0 Å². The van der Waals surface area contributed by atoms with Crippen LogP contribution < -0.4 is 5.14 Å². The minimum absolute atomic E-state index is 0.0735. The molecule has 19 heavy (non-hydrogen) atoms. The Hall–Kier alpha value is -1.76. The molecule has 0 unspecified atom stereocenters. The van der Waals surface area contributed by atoms with Crippen molar-refractivity contribution in [2.24, 2.45) is 5.14 Å². The Kier molecular flexibility index (Phi) is 4.26. The summed E-state index contributed by atoms with van der Waals surface area (Å²) in [6.07, 6.45) is 1.43. The summed E-state index contributed by atoms with van der Waals surface area (Å²) >= 11 is 1.71. The fourth-order valence-electron chi connectivity index (χ4n) is 1.55. The van der Waals surface area contributed by atoms with Crippen LogP contribution in [0.15, 0.2) is 64.4 Å². The molecule has 3 rings (SSSR count). The van der Waals surface area contributed by atoms with E-state index in [2.05, 4.69) is 4.98 Å². The maximum absolute atomic E-state index is 11.2. The first-order valence-corrected chi connectivity index (χ1v) is 7.91. The Labute approximate surface area is 115 Å². The maximum atomic E-state index is 11.2. The summed E-state index contributed by atoms with van der Waals surface area (Å²) in [5.74, 6) is 0. The smallest absolute Gasteiger partial charge is 0.243 e. The summed E-state index contributed by atoms with van der Waals surface area (Å²) in [4.78, 5) is 3.77. The number of sulfonamides is 1. The van der Waals surface area contributed by atoms with E-state index < -0.39 is 10.0 Å². The van der Waals surface area contributed by atoms with E-state index in [1.807, 2.05) is 35.0 Å². The Morgan fingerprint density at radius 1 is 1.00 bits per heavy atom. The zero-order chi connectivity index (χ0) is 13.7. The van der Waals surface area contributed by atoms with Crippen molar-refractivity contribution in [3.63, 3.8) is 0 Å². The van der Waals surface area contributed by atoms with Crippen molar-refractivity contribution < 1.29 is 8.42 Å². The second kappa shape index (κ2) is 5.92. The van der Waals surface area contributed by atoms with Crippen LogP contribution in [-0.2, 0) is 10.0 Å². The van der Waals surface area contributed by atoms with Gasteiger partial charge in [-0.1, -0.05) is 36.4 Å². The van der Waals surface area contributed by atoms with Gasteiger partial charge in [-0.05, 0) is 22.2 Å². The van der Waals surface area contributed by atoms with Crippen molar-refractivity contribution in [2.75, 3.05) is 0 Å². The van der Waals surface area contributed by atoms with Crippen LogP contribution in [-0.4, -0.2) is 13.4 Å². The Morgan fingerprint density at radius 3 is 2.26 bits per heavy atom. The highest BCUT2D eigenvalue weighted by Gasteiger charge is 2.12. The van der Waals surface area contributed by atoms with Crippen molar-refractivity contribution in [1.29, 1.82) is 0 Å². The largest absolute Gasteiger partial charge is 0.256 e. The highest BCUT2D eigenvalue weighted by atomic mass is 32.2. The first kappa shape index (κ1) is 13.7. The van der Waals surface area contributed by atoms with Gasteiger partial charge in [-0.3, -0.25) is 0 Å². The van der Waals surface area contributed by atoms with Crippen LogP contribution in [0.2, 0.25) is 0 Å². The fraction of sp³-hybridized carbons (Fsp3) is 0. The molecule has 2 aromatic heterocycles. The number of aromatic nitrogens is 1. The van der Waals surface area contributed by atoms with Gasteiger partial charge >= 0.3 is 0 Å². The lowest BCUT2D eigenvalue weighted by Gasteiger charge is -2.01. The van der Waals surface area contributed by atoms with Crippen LogP contribution in [0.3, 0.4) is 0 Å². The normalized spacial score (nSPS) is 10.8. The maximum Gasteiger partial charge on any atom is 0.256 e. The van der Waals surface area contributed by atoms with Gasteiger partial charge < -0.3 is 0 Å². The molecule has 0 aliphatic heterocycles. The topological polar surface area (TPSA) is 73.1 Å². The number of nitrogens with zero attached hydrogens (tertiary/aromatic N) is 1. The van der Waals surface area contributed by atoms with Crippen LogP contribution in [0.4, 0.5) is 0 Å². The lowest BCUT2D eigenvalue weighted by Crippen LogP contribution is -2.14. The van der Waals surface area contributed by atoms with Crippen molar-refractivity contribution in [2.45, 2.75) is 5.03 Å². The van der Waals surface area contributed by atoms with Crippen LogP contribution >= 0.6 is 11.3 Å². The molecule has 0 saturated heterocycles. The van der Waals surface area contributed by atoms with Gasteiger partial charge in [-0.25, -0.2) is 18.5 Å². The molecule has 0 radical (unpaired) electrons. The average molecular weight is 292 g/mol. The molecule has 3 aromatic rings. The fourth-order valence-corrected chi connectivity index (χ4v) is 2.70. The number of hydrogen-bond acceptors (Lipinski definition) is 4. The second-order valence-electron chi connectivity index (χ2n) is 3.68. The van der Waals surface area contributed by atoms with Gasteiger partial charge in [0.05, 0.1) is 0 Å². The van der Waals surface area contributed by atoms with E-state index in [4.69, 9.17) is 5.14 Å². The molecule has 0 aliphatic carbocycles. The molecule has 98 valence electrons. The molecule has 2 heterocycles. The lowest BCUT2D eigenvalue weighted by molar-refractivity contribution is 0.595. The van der Waals surface area contributed by atoms with Crippen LogP contribution in [0.5, 0.6) is 0 Å². The van der Waals surface area contributed by atoms with Crippen LogP contribution in [0, 0.1) is 0 Å². The number of thiophene rings is 1. The first-order chi connectivity index (χ1) is 9.09. The second-order valence-corrected chi connectivity index (χ2v) is 5.97. The zero-order valence-electron chi connectivity index (χ0n) is 9.93. The van der Waals surface area contributed by atoms with Gasteiger partial charge in [0.2, 0.25) is 0 Å². The third kappa shape index (κ3) is 3.60. The molecule has 0 bridgehead atoms. The summed E-state index contributed by atoms with van der Waals surface area (Å²) in [5.41, 5.74) is 0. The van der Waals surface area contributed by atoms with Crippen LogP contribution in [0.25, 0.3) is 10.8 Å². The van der Waals surface area contributed by atoms with Crippen molar-refractivity contribution in [1.82, 2.24) is 4.98 Å². The van der Waals surface area contributed by atoms with Gasteiger partial charge in [-0.15, -0.1) is 0 Å². The van der Waals surface area contributed by atoms with Gasteiger partial charge in [0, 0.05) is 11.6 Å². The summed E-state index contributed by atoms with van der Waals surface area (Å²) in [6.45, 7) is 0. The Balaban J connectivity index is 0.000000224. The Bertz CT molecular complexity index is 731. The van der Waals surface area contributed by atoms with E-state index in [1.165, 1.54) is 6.20 Å². The molecule has 6 heteroatoms. The van der Waals surface area contributed by atoms with Gasteiger partial charge in [0.15, 0.2) is 5.03 Å². The van der Waals surface area contributed by atoms with Gasteiger partial charge in [0.1, 0.15) is 0 Å². The van der Waals surface area contributed by atoms with E-state index in [-0.39, 0.29) is 5.03 Å². The van der Waals surface area contributed by atoms with E-state index in [9.17, 15) is 8.42 Å². The van der Waals surface area contributed by atoms with E-state index in [0.717, 1.165) is 5.39 Å². The average Bonchev–Trinajstić information content (AvgIpc) is 2.96. The predicted molar refractivity (Wildman–Crippen MR) is 77.4 cm³/mol. The molecule has 0 atom stereocenters.